The highest BCUT2D eigenvalue weighted by molar-refractivity contribution is 7.92. The van der Waals surface area contributed by atoms with Gasteiger partial charge in [0.25, 0.3) is 0 Å². The van der Waals surface area contributed by atoms with Gasteiger partial charge in [0.1, 0.15) is 12.6 Å². The molecule has 1 aliphatic rings. The largest absolute Gasteiger partial charge is 0.352 e. The van der Waals surface area contributed by atoms with Gasteiger partial charge in [-0.25, -0.2) is 8.42 Å². The lowest BCUT2D eigenvalue weighted by Crippen LogP contribution is -2.53. The molecule has 0 aromatic heterocycles. The van der Waals surface area contributed by atoms with E-state index < -0.39 is 22.0 Å². The Hall–Kier alpha value is -2.87. The summed E-state index contributed by atoms with van der Waals surface area (Å²) in [5.74, 6) is -0.586. The Labute approximate surface area is 215 Å². The molecule has 0 spiro atoms. The van der Waals surface area contributed by atoms with Crippen molar-refractivity contribution in [3.8, 4) is 0 Å². The molecule has 0 saturated heterocycles. The molecule has 196 valence electrons. The number of sulfonamides is 1. The van der Waals surface area contributed by atoms with Crippen LogP contribution in [0.5, 0.6) is 0 Å². The van der Waals surface area contributed by atoms with Crippen LogP contribution in [0.3, 0.4) is 0 Å². The highest BCUT2D eigenvalue weighted by atomic mass is 32.2. The number of hydrogen-bond acceptors (Lipinski definition) is 4. The van der Waals surface area contributed by atoms with Crippen LogP contribution in [0.25, 0.3) is 0 Å². The minimum absolute atomic E-state index is 0.130. The van der Waals surface area contributed by atoms with Crippen LogP contribution in [0.2, 0.25) is 0 Å². The van der Waals surface area contributed by atoms with Gasteiger partial charge in [0.05, 0.1) is 11.9 Å². The van der Waals surface area contributed by atoms with Gasteiger partial charge >= 0.3 is 0 Å². The average Bonchev–Trinajstić information content (AvgIpc) is 3.28. The monoisotopic (exact) mass is 513 g/mol. The predicted molar refractivity (Wildman–Crippen MR) is 144 cm³/mol. The summed E-state index contributed by atoms with van der Waals surface area (Å²) in [5, 5.41) is 3.13. The number of carbonyl (C=O) groups is 2. The number of benzene rings is 2. The van der Waals surface area contributed by atoms with E-state index in [4.69, 9.17) is 0 Å². The molecular weight excluding hydrogens is 474 g/mol. The number of anilines is 1. The molecule has 0 unspecified atom stereocenters. The molecule has 2 amide bonds. The van der Waals surface area contributed by atoms with Crippen molar-refractivity contribution in [1.82, 2.24) is 10.2 Å². The number of amides is 2. The molecule has 1 fully saturated rings. The zero-order chi connectivity index (χ0) is 26.5. The Morgan fingerprint density at radius 3 is 2.19 bits per heavy atom. The molecule has 0 aliphatic heterocycles. The molecule has 1 N–H and O–H groups in total. The zero-order valence-corrected chi connectivity index (χ0v) is 22.9. The molecule has 1 aliphatic carbocycles. The number of aryl methyl sites for hydroxylation is 3. The van der Waals surface area contributed by atoms with Crippen molar-refractivity contribution in [2.45, 2.75) is 78.4 Å². The van der Waals surface area contributed by atoms with Gasteiger partial charge in [0.15, 0.2) is 0 Å². The number of nitrogens with one attached hydrogen (secondary N) is 1. The molecular formula is C28H39N3O4S. The number of rotatable bonds is 10. The highest BCUT2D eigenvalue weighted by Gasteiger charge is 2.33. The van der Waals surface area contributed by atoms with Crippen LogP contribution in [0.15, 0.2) is 42.5 Å². The summed E-state index contributed by atoms with van der Waals surface area (Å²) >= 11 is 0. The molecule has 7 nitrogen and oxygen atoms in total. The summed E-state index contributed by atoms with van der Waals surface area (Å²) in [6, 6.07) is 12.7. The van der Waals surface area contributed by atoms with Crippen LogP contribution < -0.4 is 9.62 Å². The standard InChI is InChI=1S/C28H39N3O4S/c1-6-26(28(33)29-24-12-7-8-13-24)30(18-23-11-9-10-20(2)15-23)27(32)19-31(36(5,34)35)25-16-21(3)14-22(4)17-25/h9-11,14-17,24,26H,6-8,12-13,18-19H2,1-5H3,(H,29,33)/t26-/m1/s1. The van der Waals surface area contributed by atoms with E-state index in [1.807, 2.05) is 58.0 Å². The van der Waals surface area contributed by atoms with Crippen LogP contribution in [-0.2, 0) is 26.2 Å². The first-order valence-electron chi connectivity index (χ1n) is 12.7. The third-order valence-electron chi connectivity index (χ3n) is 6.70. The van der Waals surface area contributed by atoms with Crippen LogP contribution in [-0.4, -0.2) is 50.0 Å². The topological polar surface area (TPSA) is 86.8 Å². The van der Waals surface area contributed by atoms with Crippen LogP contribution in [0.4, 0.5) is 5.69 Å². The van der Waals surface area contributed by atoms with Gasteiger partial charge in [-0.1, -0.05) is 55.7 Å². The highest BCUT2D eigenvalue weighted by Crippen LogP contribution is 2.23. The molecule has 2 aromatic rings. The third-order valence-corrected chi connectivity index (χ3v) is 7.84. The second kappa shape index (κ2) is 11.9. The van der Waals surface area contributed by atoms with Gasteiger partial charge in [-0.3, -0.25) is 13.9 Å². The molecule has 0 bridgehead atoms. The van der Waals surface area contributed by atoms with Gasteiger partial charge in [-0.15, -0.1) is 0 Å². The second-order valence-corrected chi connectivity index (χ2v) is 11.9. The van der Waals surface area contributed by atoms with Crippen molar-refractivity contribution in [2.75, 3.05) is 17.1 Å². The first-order chi connectivity index (χ1) is 17.0. The Bertz CT molecular complexity index is 1170. The average molecular weight is 514 g/mol. The van der Waals surface area contributed by atoms with Gasteiger partial charge in [-0.2, -0.15) is 0 Å². The molecule has 1 atom stereocenters. The van der Waals surface area contributed by atoms with Crippen LogP contribution in [0.1, 0.15) is 61.3 Å². The van der Waals surface area contributed by atoms with E-state index in [0.29, 0.717) is 12.1 Å². The molecule has 3 rings (SSSR count). The summed E-state index contributed by atoms with van der Waals surface area (Å²) < 4.78 is 26.7. The summed E-state index contributed by atoms with van der Waals surface area (Å²) in [7, 11) is -3.75. The second-order valence-electron chi connectivity index (χ2n) is 10.0. The van der Waals surface area contributed by atoms with Gasteiger partial charge in [0, 0.05) is 12.6 Å². The molecule has 8 heteroatoms. The van der Waals surface area contributed by atoms with Crippen molar-refractivity contribution in [1.29, 1.82) is 0 Å². The van der Waals surface area contributed by atoms with Crippen LogP contribution in [0, 0.1) is 20.8 Å². The predicted octanol–water partition coefficient (Wildman–Crippen LogP) is 4.24. The van der Waals surface area contributed by atoms with Crippen molar-refractivity contribution < 1.29 is 18.0 Å². The Morgan fingerprint density at radius 1 is 1.00 bits per heavy atom. The molecule has 0 heterocycles. The number of carbonyl (C=O) groups excluding carboxylic acids is 2. The Kier molecular flexibility index (Phi) is 9.17. The lowest BCUT2D eigenvalue weighted by molar-refractivity contribution is -0.140. The number of nitrogens with zero attached hydrogens (tertiary/aromatic N) is 2. The smallest absolute Gasteiger partial charge is 0.244 e. The zero-order valence-electron chi connectivity index (χ0n) is 22.1. The van der Waals surface area contributed by atoms with Gasteiger partial charge < -0.3 is 10.2 Å². The summed E-state index contributed by atoms with van der Waals surface area (Å²) in [4.78, 5) is 28.7. The van der Waals surface area contributed by atoms with E-state index in [2.05, 4.69) is 5.32 Å². The molecule has 36 heavy (non-hydrogen) atoms. The van der Waals surface area contributed by atoms with Crippen molar-refractivity contribution in [2.24, 2.45) is 0 Å². The van der Waals surface area contributed by atoms with Crippen molar-refractivity contribution in [3.63, 3.8) is 0 Å². The fraction of sp³-hybridized carbons (Fsp3) is 0.500. The minimum atomic E-state index is -3.75. The van der Waals surface area contributed by atoms with E-state index in [1.165, 1.54) is 0 Å². The van der Waals surface area contributed by atoms with E-state index in [-0.39, 0.29) is 25.0 Å². The minimum Gasteiger partial charge on any atom is -0.352 e. The lowest BCUT2D eigenvalue weighted by atomic mass is 10.1. The van der Waals surface area contributed by atoms with Gasteiger partial charge in [-0.05, 0) is 68.9 Å². The number of hydrogen-bond donors (Lipinski definition) is 1. The fourth-order valence-electron chi connectivity index (χ4n) is 5.00. The quantitative estimate of drug-likeness (QED) is 0.515. The fourth-order valence-corrected chi connectivity index (χ4v) is 5.84. The van der Waals surface area contributed by atoms with E-state index in [0.717, 1.165) is 58.5 Å². The van der Waals surface area contributed by atoms with E-state index in [1.54, 1.807) is 17.0 Å². The van der Waals surface area contributed by atoms with Crippen molar-refractivity contribution >= 4 is 27.5 Å². The molecule has 0 radical (unpaired) electrons. The summed E-state index contributed by atoms with van der Waals surface area (Å²) in [5.41, 5.74) is 4.21. The van der Waals surface area contributed by atoms with Crippen molar-refractivity contribution in [3.05, 3.63) is 64.7 Å². The first kappa shape index (κ1) is 27.7. The Morgan fingerprint density at radius 2 is 1.64 bits per heavy atom. The normalized spacial score (nSPS) is 14.9. The molecule has 2 aromatic carbocycles. The maximum atomic E-state index is 13.8. The maximum Gasteiger partial charge on any atom is 0.244 e. The Balaban J connectivity index is 1.94. The van der Waals surface area contributed by atoms with Gasteiger partial charge in [0.2, 0.25) is 21.8 Å². The van der Waals surface area contributed by atoms with E-state index >= 15 is 0 Å². The van der Waals surface area contributed by atoms with Crippen LogP contribution >= 0.6 is 0 Å². The SMILES string of the molecule is CC[C@H](C(=O)NC1CCCC1)N(Cc1cccc(C)c1)C(=O)CN(c1cc(C)cc(C)c1)S(C)(=O)=O. The summed E-state index contributed by atoms with van der Waals surface area (Å²) in [6.07, 6.45) is 5.61. The summed E-state index contributed by atoms with van der Waals surface area (Å²) in [6.45, 7) is 7.49. The third kappa shape index (κ3) is 7.32. The maximum absolute atomic E-state index is 13.8. The molecule has 1 saturated carbocycles. The van der Waals surface area contributed by atoms with E-state index in [9.17, 15) is 18.0 Å². The lowest BCUT2D eigenvalue weighted by Gasteiger charge is -2.33. The first-order valence-corrected chi connectivity index (χ1v) is 14.5.